The van der Waals surface area contributed by atoms with Crippen molar-refractivity contribution in [2.75, 3.05) is 17.7 Å². The largest absolute Gasteiger partial charge is 0.381 e. The Morgan fingerprint density at radius 3 is 2.84 bits per heavy atom. The number of aromatic nitrogens is 2. The van der Waals surface area contributed by atoms with Crippen molar-refractivity contribution >= 4 is 27.6 Å². The minimum absolute atomic E-state index is 0.0537. The van der Waals surface area contributed by atoms with Gasteiger partial charge in [-0.2, -0.15) is 16.9 Å². The standard InChI is InChI=1S/C11H22N4O2S2/c1-4-6-15-8-10(11(12)13-15)19(16,17)14-9(2)5-7-18-3/h8-9,14H,4-7H2,1-3H3,(H2,12,13). The van der Waals surface area contributed by atoms with Crippen LogP contribution in [0.5, 0.6) is 0 Å². The maximum atomic E-state index is 12.2. The van der Waals surface area contributed by atoms with Crippen molar-refractivity contribution in [3.63, 3.8) is 0 Å². The summed E-state index contributed by atoms with van der Waals surface area (Å²) in [5.41, 5.74) is 5.68. The molecule has 0 aliphatic heterocycles. The van der Waals surface area contributed by atoms with Crippen LogP contribution in [0.1, 0.15) is 26.7 Å². The first-order valence-corrected chi connectivity index (χ1v) is 9.12. The van der Waals surface area contributed by atoms with Gasteiger partial charge in [0.1, 0.15) is 4.90 Å². The summed E-state index contributed by atoms with van der Waals surface area (Å²) in [5.74, 6) is 0.965. The molecule has 3 N–H and O–H groups in total. The highest BCUT2D eigenvalue weighted by molar-refractivity contribution is 7.98. The van der Waals surface area contributed by atoms with Gasteiger partial charge in [-0.05, 0) is 31.8 Å². The van der Waals surface area contributed by atoms with Crippen LogP contribution in [0.2, 0.25) is 0 Å². The van der Waals surface area contributed by atoms with Crippen LogP contribution in [0.3, 0.4) is 0 Å². The van der Waals surface area contributed by atoms with Gasteiger partial charge in [0.15, 0.2) is 5.82 Å². The van der Waals surface area contributed by atoms with E-state index in [4.69, 9.17) is 5.73 Å². The third-order valence-electron chi connectivity index (χ3n) is 2.61. The number of nitrogen functional groups attached to an aromatic ring is 1. The predicted octanol–water partition coefficient (Wildman–Crippen LogP) is 1.30. The van der Waals surface area contributed by atoms with Gasteiger partial charge in [-0.1, -0.05) is 6.92 Å². The average Bonchev–Trinajstić information content (AvgIpc) is 2.68. The number of rotatable bonds is 8. The molecule has 1 atom stereocenters. The second-order valence-electron chi connectivity index (χ2n) is 4.45. The van der Waals surface area contributed by atoms with Crippen LogP contribution in [-0.2, 0) is 16.6 Å². The zero-order chi connectivity index (χ0) is 14.5. The highest BCUT2D eigenvalue weighted by Crippen LogP contribution is 2.17. The fraction of sp³-hybridized carbons (Fsp3) is 0.727. The van der Waals surface area contributed by atoms with E-state index >= 15 is 0 Å². The van der Waals surface area contributed by atoms with Gasteiger partial charge in [0.05, 0.1) is 0 Å². The molecule has 1 aromatic rings. The van der Waals surface area contributed by atoms with Crippen molar-refractivity contribution < 1.29 is 8.42 Å². The number of thioether (sulfide) groups is 1. The molecule has 19 heavy (non-hydrogen) atoms. The van der Waals surface area contributed by atoms with Crippen LogP contribution in [0, 0.1) is 0 Å². The number of hydrogen-bond acceptors (Lipinski definition) is 5. The van der Waals surface area contributed by atoms with E-state index in [0.29, 0.717) is 6.54 Å². The summed E-state index contributed by atoms with van der Waals surface area (Å²) in [4.78, 5) is 0.0666. The van der Waals surface area contributed by atoms with Gasteiger partial charge in [-0.25, -0.2) is 13.1 Å². The number of hydrogen-bond donors (Lipinski definition) is 2. The summed E-state index contributed by atoms with van der Waals surface area (Å²) in [5, 5.41) is 4.01. The van der Waals surface area contributed by atoms with E-state index in [0.717, 1.165) is 18.6 Å². The van der Waals surface area contributed by atoms with Crippen LogP contribution >= 0.6 is 11.8 Å². The van der Waals surface area contributed by atoms with Crippen molar-refractivity contribution in [2.24, 2.45) is 0 Å². The smallest absolute Gasteiger partial charge is 0.246 e. The second kappa shape index (κ2) is 7.16. The molecule has 110 valence electrons. The maximum absolute atomic E-state index is 12.2. The molecular weight excluding hydrogens is 284 g/mol. The fourth-order valence-corrected chi connectivity index (χ4v) is 3.59. The number of sulfonamides is 1. The Balaban J connectivity index is 2.82. The van der Waals surface area contributed by atoms with Gasteiger partial charge in [0.25, 0.3) is 0 Å². The number of aryl methyl sites for hydroxylation is 1. The Kier molecular flexibility index (Phi) is 6.15. The lowest BCUT2D eigenvalue weighted by molar-refractivity contribution is 0.556. The molecule has 0 spiro atoms. The first-order valence-electron chi connectivity index (χ1n) is 6.25. The summed E-state index contributed by atoms with van der Waals surface area (Å²) < 4.78 is 28.6. The zero-order valence-corrected chi connectivity index (χ0v) is 13.2. The lowest BCUT2D eigenvalue weighted by Gasteiger charge is -2.12. The third-order valence-corrected chi connectivity index (χ3v) is 4.86. The zero-order valence-electron chi connectivity index (χ0n) is 11.6. The fourth-order valence-electron chi connectivity index (χ4n) is 1.65. The third kappa shape index (κ3) is 4.70. The van der Waals surface area contributed by atoms with Crippen LogP contribution in [0.25, 0.3) is 0 Å². The van der Waals surface area contributed by atoms with Crippen LogP contribution in [0.15, 0.2) is 11.1 Å². The van der Waals surface area contributed by atoms with Crippen molar-refractivity contribution in [3.8, 4) is 0 Å². The first-order chi connectivity index (χ1) is 8.90. The lowest BCUT2D eigenvalue weighted by atomic mass is 10.3. The molecule has 0 aliphatic carbocycles. The normalized spacial score (nSPS) is 13.6. The van der Waals surface area contributed by atoms with Crippen LogP contribution in [0.4, 0.5) is 5.82 Å². The molecule has 0 saturated heterocycles. The van der Waals surface area contributed by atoms with Crippen LogP contribution in [-0.4, -0.2) is 36.2 Å². The molecule has 1 unspecified atom stereocenters. The SMILES string of the molecule is CCCn1cc(S(=O)(=O)NC(C)CCSC)c(N)n1. The Labute approximate surface area is 119 Å². The van der Waals surface area contributed by atoms with Gasteiger partial charge in [0, 0.05) is 18.8 Å². The molecule has 1 rings (SSSR count). The van der Waals surface area contributed by atoms with Gasteiger partial charge in [-0.3, -0.25) is 4.68 Å². The van der Waals surface area contributed by atoms with E-state index in [1.54, 1.807) is 16.4 Å². The molecule has 0 saturated carbocycles. The lowest BCUT2D eigenvalue weighted by Crippen LogP contribution is -2.33. The van der Waals surface area contributed by atoms with Gasteiger partial charge in [-0.15, -0.1) is 0 Å². The summed E-state index contributed by atoms with van der Waals surface area (Å²) in [6.07, 6.45) is 5.14. The Bertz CT molecular complexity index is 499. The van der Waals surface area contributed by atoms with E-state index in [-0.39, 0.29) is 16.8 Å². The molecule has 8 heteroatoms. The van der Waals surface area contributed by atoms with Gasteiger partial charge in [0.2, 0.25) is 10.0 Å². The summed E-state index contributed by atoms with van der Waals surface area (Å²) in [6.45, 7) is 4.50. The van der Waals surface area contributed by atoms with Crippen molar-refractivity contribution in [2.45, 2.75) is 44.2 Å². The van der Waals surface area contributed by atoms with Crippen molar-refractivity contribution in [1.29, 1.82) is 0 Å². The second-order valence-corrected chi connectivity index (χ2v) is 7.11. The van der Waals surface area contributed by atoms with Crippen molar-refractivity contribution in [3.05, 3.63) is 6.20 Å². The van der Waals surface area contributed by atoms with Crippen molar-refractivity contribution in [1.82, 2.24) is 14.5 Å². The number of nitrogens with zero attached hydrogens (tertiary/aromatic N) is 2. The number of nitrogens with one attached hydrogen (secondary N) is 1. The van der Waals surface area contributed by atoms with Crippen LogP contribution < -0.4 is 10.5 Å². The number of anilines is 1. The molecule has 1 aromatic heterocycles. The van der Waals surface area contributed by atoms with E-state index in [1.807, 2.05) is 20.1 Å². The number of nitrogens with two attached hydrogens (primary N) is 1. The van der Waals surface area contributed by atoms with Gasteiger partial charge >= 0.3 is 0 Å². The van der Waals surface area contributed by atoms with E-state index in [2.05, 4.69) is 9.82 Å². The molecule has 0 aromatic carbocycles. The van der Waals surface area contributed by atoms with E-state index in [1.165, 1.54) is 6.20 Å². The Hall–Kier alpha value is -0.730. The molecule has 0 fully saturated rings. The summed E-state index contributed by atoms with van der Waals surface area (Å²) in [6, 6.07) is -0.119. The topological polar surface area (TPSA) is 90.0 Å². The highest BCUT2D eigenvalue weighted by Gasteiger charge is 2.22. The Morgan fingerprint density at radius 1 is 1.58 bits per heavy atom. The first kappa shape index (κ1) is 16.3. The van der Waals surface area contributed by atoms with E-state index in [9.17, 15) is 8.42 Å². The van der Waals surface area contributed by atoms with Gasteiger partial charge < -0.3 is 5.73 Å². The maximum Gasteiger partial charge on any atom is 0.246 e. The molecular formula is C11H22N4O2S2. The predicted molar refractivity (Wildman–Crippen MR) is 79.7 cm³/mol. The quantitative estimate of drug-likeness (QED) is 0.755. The molecule has 0 amide bonds. The molecule has 0 bridgehead atoms. The molecule has 0 aliphatic rings. The minimum atomic E-state index is -3.59. The summed E-state index contributed by atoms with van der Waals surface area (Å²) in [7, 11) is -3.59. The van der Waals surface area contributed by atoms with E-state index < -0.39 is 10.0 Å². The molecule has 0 radical (unpaired) electrons. The highest BCUT2D eigenvalue weighted by atomic mass is 32.2. The Morgan fingerprint density at radius 2 is 2.26 bits per heavy atom. The molecule has 1 heterocycles. The minimum Gasteiger partial charge on any atom is -0.381 e. The molecule has 6 nitrogen and oxygen atoms in total. The average molecular weight is 306 g/mol. The summed E-state index contributed by atoms with van der Waals surface area (Å²) >= 11 is 1.69. The monoisotopic (exact) mass is 306 g/mol.